The van der Waals surface area contributed by atoms with Gasteiger partial charge in [0.2, 0.25) is 11.9 Å². The SMILES string of the molecule is CNC(=O)[C@H]1CC[C@@H](n2nc(C)c3cnc(Nc4cc5c(cc4OC)CCN(C)C5)nc32)CC1. The van der Waals surface area contributed by atoms with E-state index in [9.17, 15) is 4.79 Å². The number of carbonyl (C=O) groups excluding carboxylic acids is 1. The Hall–Kier alpha value is -3.20. The molecule has 0 unspecified atom stereocenters. The quantitative estimate of drug-likeness (QED) is 0.599. The summed E-state index contributed by atoms with van der Waals surface area (Å²) in [6, 6.07) is 4.51. The molecule has 0 saturated heterocycles. The highest BCUT2D eigenvalue weighted by molar-refractivity contribution is 5.80. The van der Waals surface area contributed by atoms with Gasteiger partial charge in [0.25, 0.3) is 0 Å². The fourth-order valence-electron chi connectivity index (χ4n) is 5.28. The summed E-state index contributed by atoms with van der Waals surface area (Å²) >= 11 is 0. The third kappa shape index (κ3) is 4.20. The zero-order chi connectivity index (χ0) is 23.8. The number of nitrogens with one attached hydrogen (secondary N) is 2. The Bertz CT molecular complexity index is 1210. The van der Waals surface area contributed by atoms with Gasteiger partial charge in [-0.2, -0.15) is 10.1 Å². The Morgan fingerprint density at radius 3 is 2.71 bits per heavy atom. The van der Waals surface area contributed by atoms with Gasteiger partial charge in [0.1, 0.15) is 5.75 Å². The average Bonchev–Trinajstić information content (AvgIpc) is 3.18. The van der Waals surface area contributed by atoms with Gasteiger partial charge in [-0.3, -0.25) is 4.79 Å². The molecular weight excluding hydrogens is 430 g/mol. The van der Waals surface area contributed by atoms with Crippen molar-refractivity contribution < 1.29 is 9.53 Å². The van der Waals surface area contributed by atoms with Crippen LogP contribution in [0, 0.1) is 12.8 Å². The molecule has 0 bridgehead atoms. The van der Waals surface area contributed by atoms with E-state index in [1.807, 2.05) is 17.8 Å². The van der Waals surface area contributed by atoms with Crippen molar-refractivity contribution in [3.05, 3.63) is 35.2 Å². The fourth-order valence-corrected chi connectivity index (χ4v) is 5.28. The molecule has 3 aromatic rings. The Labute approximate surface area is 199 Å². The van der Waals surface area contributed by atoms with Gasteiger partial charge in [-0.15, -0.1) is 0 Å². The van der Waals surface area contributed by atoms with Crippen molar-refractivity contribution in [2.24, 2.45) is 5.92 Å². The third-order valence-corrected chi connectivity index (χ3v) is 7.26. The van der Waals surface area contributed by atoms with E-state index in [0.717, 1.165) is 73.4 Å². The number of rotatable bonds is 5. The Kier molecular flexibility index (Phi) is 6.12. The molecule has 0 spiro atoms. The van der Waals surface area contributed by atoms with E-state index in [1.165, 1.54) is 11.1 Å². The normalized spacial score (nSPS) is 20.7. The highest BCUT2D eigenvalue weighted by atomic mass is 16.5. The second-order valence-electron chi connectivity index (χ2n) is 9.51. The molecule has 2 N–H and O–H groups in total. The highest BCUT2D eigenvalue weighted by Crippen LogP contribution is 2.36. The van der Waals surface area contributed by atoms with Crippen LogP contribution in [0.2, 0.25) is 0 Å². The molecule has 1 saturated carbocycles. The summed E-state index contributed by atoms with van der Waals surface area (Å²) in [4.78, 5) is 23.8. The standard InChI is InChI=1S/C25H33N7O2/c1-15-20-13-27-25(28-21-11-18-14-31(3)10-9-17(18)12-22(21)34-4)29-23(20)32(30-15)19-7-5-16(6-8-19)24(33)26-2/h11-13,16,19H,5-10,14H2,1-4H3,(H,26,33)(H,27,28,29)/t16-,19+. The summed E-state index contributed by atoms with van der Waals surface area (Å²) < 4.78 is 7.72. The smallest absolute Gasteiger partial charge is 0.229 e. The number of likely N-dealkylation sites (N-methyl/N-ethyl adjacent to an activating group) is 1. The van der Waals surface area contributed by atoms with E-state index >= 15 is 0 Å². The van der Waals surface area contributed by atoms with E-state index in [0.29, 0.717) is 5.95 Å². The Morgan fingerprint density at radius 2 is 1.97 bits per heavy atom. The summed E-state index contributed by atoms with van der Waals surface area (Å²) in [5, 5.41) is 11.9. The minimum absolute atomic E-state index is 0.0894. The van der Waals surface area contributed by atoms with Crippen LogP contribution in [0.5, 0.6) is 5.75 Å². The molecule has 1 aliphatic heterocycles. The first-order valence-corrected chi connectivity index (χ1v) is 12.1. The largest absolute Gasteiger partial charge is 0.495 e. The van der Waals surface area contributed by atoms with Crippen LogP contribution in [0.1, 0.15) is 48.5 Å². The van der Waals surface area contributed by atoms with Crippen LogP contribution in [0.25, 0.3) is 11.0 Å². The van der Waals surface area contributed by atoms with Gasteiger partial charge in [0, 0.05) is 32.3 Å². The zero-order valence-electron chi connectivity index (χ0n) is 20.4. The Balaban J connectivity index is 1.43. The van der Waals surface area contributed by atoms with Gasteiger partial charge in [0.05, 0.1) is 29.9 Å². The molecule has 180 valence electrons. The van der Waals surface area contributed by atoms with Crippen LogP contribution < -0.4 is 15.4 Å². The van der Waals surface area contributed by atoms with Crippen LogP contribution in [0.3, 0.4) is 0 Å². The second kappa shape index (κ2) is 9.21. The third-order valence-electron chi connectivity index (χ3n) is 7.26. The summed E-state index contributed by atoms with van der Waals surface area (Å²) in [5.74, 6) is 1.55. The van der Waals surface area contributed by atoms with Crippen LogP contribution in [-0.4, -0.2) is 58.3 Å². The van der Waals surface area contributed by atoms with Crippen molar-refractivity contribution in [2.75, 3.05) is 33.1 Å². The van der Waals surface area contributed by atoms with E-state index in [4.69, 9.17) is 14.8 Å². The maximum atomic E-state index is 12.0. The molecule has 2 aromatic heterocycles. The van der Waals surface area contributed by atoms with E-state index < -0.39 is 0 Å². The van der Waals surface area contributed by atoms with Crippen molar-refractivity contribution in [2.45, 2.75) is 51.6 Å². The number of aryl methyl sites for hydroxylation is 1. The molecule has 9 heteroatoms. The Morgan fingerprint density at radius 1 is 1.18 bits per heavy atom. The molecule has 9 nitrogen and oxygen atoms in total. The minimum Gasteiger partial charge on any atom is -0.495 e. The first-order chi connectivity index (χ1) is 16.5. The predicted octanol–water partition coefficient (Wildman–Crippen LogP) is 3.35. The van der Waals surface area contributed by atoms with Crippen molar-refractivity contribution in [1.29, 1.82) is 0 Å². The number of nitrogens with zero attached hydrogens (tertiary/aromatic N) is 5. The van der Waals surface area contributed by atoms with Gasteiger partial charge in [-0.1, -0.05) is 0 Å². The van der Waals surface area contributed by atoms with E-state index in [-0.39, 0.29) is 17.9 Å². The van der Waals surface area contributed by atoms with Gasteiger partial charge in [-0.25, -0.2) is 9.67 Å². The number of methoxy groups -OCH3 is 1. The lowest BCUT2D eigenvalue weighted by molar-refractivity contribution is -0.125. The number of amides is 1. The maximum Gasteiger partial charge on any atom is 0.229 e. The zero-order valence-corrected chi connectivity index (χ0v) is 20.4. The average molecular weight is 464 g/mol. The number of hydrogen-bond acceptors (Lipinski definition) is 7. The summed E-state index contributed by atoms with van der Waals surface area (Å²) in [6.07, 6.45) is 6.41. The molecule has 34 heavy (non-hydrogen) atoms. The molecular formula is C25H33N7O2. The van der Waals surface area contributed by atoms with Crippen LogP contribution >= 0.6 is 0 Å². The van der Waals surface area contributed by atoms with Crippen LogP contribution in [0.15, 0.2) is 18.3 Å². The topological polar surface area (TPSA) is 97.2 Å². The van der Waals surface area contributed by atoms with Gasteiger partial charge >= 0.3 is 0 Å². The van der Waals surface area contributed by atoms with Crippen molar-refractivity contribution in [3.63, 3.8) is 0 Å². The molecule has 0 radical (unpaired) electrons. The number of benzene rings is 1. The monoisotopic (exact) mass is 463 g/mol. The molecule has 1 fully saturated rings. The summed E-state index contributed by atoms with van der Waals surface area (Å²) in [5.41, 5.74) is 5.24. The van der Waals surface area contributed by atoms with Gasteiger partial charge in [-0.05, 0) is 69.3 Å². The lowest BCUT2D eigenvalue weighted by Crippen LogP contribution is -2.31. The van der Waals surface area contributed by atoms with E-state index in [1.54, 1.807) is 14.2 Å². The predicted molar refractivity (Wildman–Crippen MR) is 131 cm³/mol. The molecule has 5 rings (SSSR count). The molecule has 2 aliphatic rings. The van der Waals surface area contributed by atoms with Crippen LogP contribution in [-0.2, 0) is 17.8 Å². The minimum atomic E-state index is 0.0894. The van der Waals surface area contributed by atoms with Crippen LogP contribution in [0.4, 0.5) is 11.6 Å². The number of fused-ring (bicyclic) bond motifs is 2. The number of ether oxygens (including phenoxy) is 1. The number of hydrogen-bond donors (Lipinski definition) is 2. The van der Waals surface area contributed by atoms with Gasteiger partial charge < -0.3 is 20.3 Å². The first-order valence-electron chi connectivity index (χ1n) is 12.1. The van der Waals surface area contributed by atoms with Crippen molar-refractivity contribution in [3.8, 4) is 5.75 Å². The molecule has 1 amide bonds. The molecule has 1 aromatic carbocycles. The van der Waals surface area contributed by atoms with Gasteiger partial charge in [0.15, 0.2) is 5.65 Å². The van der Waals surface area contributed by atoms with Crippen molar-refractivity contribution in [1.82, 2.24) is 30.0 Å². The summed E-state index contributed by atoms with van der Waals surface area (Å²) in [6.45, 7) is 3.96. The lowest BCUT2D eigenvalue weighted by atomic mass is 9.85. The number of anilines is 2. The lowest BCUT2D eigenvalue weighted by Gasteiger charge is -2.27. The molecule has 1 aliphatic carbocycles. The highest BCUT2D eigenvalue weighted by Gasteiger charge is 2.28. The van der Waals surface area contributed by atoms with Crippen molar-refractivity contribution >= 4 is 28.6 Å². The first kappa shape index (κ1) is 22.6. The fraction of sp³-hybridized carbons (Fsp3) is 0.520. The summed E-state index contributed by atoms with van der Waals surface area (Å²) in [7, 11) is 5.54. The second-order valence-corrected chi connectivity index (χ2v) is 9.51. The molecule has 3 heterocycles. The maximum absolute atomic E-state index is 12.0. The number of aromatic nitrogens is 4. The van der Waals surface area contributed by atoms with E-state index in [2.05, 4.69) is 39.7 Å². The number of carbonyl (C=O) groups is 1. The molecule has 0 atom stereocenters.